The summed E-state index contributed by atoms with van der Waals surface area (Å²) in [6.07, 6.45) is 4.48. The Kier molecular flexibility index (Phi) is 6.88. The number of benzene rings is 3. The number of aryl methyl sites for hydroxylation is 2. The highest BCUT2D eigenvalue weighted by Crippen LogP contribution is 2.26. The van der Waals surface area contributed by atoms with E-state index in [0.717, 1.165) is 46.0 Å². The molecule has 5 aromatic rings. The van der Waals surface area contributed by atoms with Gasteiger partial charge in [-0.2, -0.15) is 9.78 Å². The number of unbranched alkanes of at least 4 members (excludes halogenated alkanes) is 1. The maximum atomic E-state index is 13.5. The highest BCUT2D eigenvalue weighted by Gasteiger charge is 2.15. The van der Waals surface area contributed by atoms with Gasteiger partial charge < -0.3 is 4.57 Å². The van der Waals surface area contributed by atoms with Crippen LogP contribution in [0.2, 0.25) is 0 Å². The molecular formula is C30H29BrN4O. The summed E-state index contributed by atoms with van der Waals surface area (Å²) < 4.78 is 4.65. The second-order valence-corrected chi connectivity index (χ2v) is 10.2. The summed E-state index contributed by atoms with van der Waals surface area (Å²) in [6, 6.07) is 22.6. The standard InChI is InChI=1S/C30H29BrN4O/c1-4-5-13-29-33-27-15-14-23(31)17-25(27)30(36)35(29)32-18-26-21(3)34(28-12-7-6-11-24(26)28)19-22-10-8-9-20(2)16-22/h6-12,14-18H,4-5,13,19H2,1-3H3. The molecule has 5 rings (SSSR count). The Hall–Kier alpha value is -3.51. The van der Waals surface area contributed by atoms with Crippen LogP contribution in [0.3, 0.4) is 0 Å². The van der Waals surface area contributed by atoms with E-state index in [1.807, 2.05) is 30.5 Å². The van der Waals surface area contributed by atoms with Gasteiger partial charge in [-0.25, -0.2) is 4.98 Å². The van der Waals surface area contributed by atoms with Crippen LogP contribution in [0.25, 0.3) is 21.8 Å². The van der Waals surface area contributed by atoms with E-state index < -0.39 is 0 Å². The van der Waals surface area contributed by atoms with Crippen LogP contribution in [0.15, 0.2) is 81.1 Å². The van der Waals surface area contributed by atoms with Gasteiger partial charge in [-0.15, -0.1) is 0 Å². The number of hydrogen-bond donors (Lipinski definition) is 0. The average molecular weight is 541 g/mol. The number of nitrogens with zero attached hydrogens (tertiary/aromatic N) is 4. The molecule has 0 aliphatic heterocycles. The van der Waals surface area contributed by atoms with E-state index in [0.29, 0.717) is 23.1 Å². The molecule has 0 fully saturated rings. The van der Waals surface area contributed by atoms with E-state index >= 15 is 0 Å². The first kappa shape index (κ1) is 24.2. The lowest BCUT2D eigenvalue weighted by Crippen LogP contribution is -2.22. The van der Waals surface area contributed by atoms with Crippen LogP contribution >= 0.6 is 15.9 Å². The molecule has 0 spiro atoms. The molecule has 0 aliphatic rings. The molecule has 0 atom stereocenters. The van der Waals surface area contributed by atoms with Crippen molar-refractivity contribution in [3.05, 3.63) is 110 Å². The van der Waals surface area contributed by atoms with Crippen molar-refractivity contribution in [3.8, 4) is 0 Å². The summed E-state index contributed by atoms with van der Waals surface area (Å²) in [7, 11) is 0. The van der Waals surface area contributed by atoms with Crippen molar-refractivity contribution in [2.24, 2.45) is 5.10 Å². The smallest absolute Gasteiger partial charge is 0.282 e. The topological polar surface area (TPSA) is 52.2 Å². The molecule has 0 radical (unpaired) electrons. The molecule has 0 aliphatic carbocycles. The summed E-state index contributed by atoms with van der Waals surface area (Å²) >= 11 is 3.48. The van der Waals surface area contributed by atoms with Crippen LogP contribution in [0, 0.1) is 13.8 Å². The zero-order valence-corrected chi connectivity index (χ0v) is 22.4. The lowest BCUT2D eigenvalue weighted by atomic mass is 10.1. The minimum Gasteiger partial charge on any atom is -0.340 e. The van der Waals surface area contributed by atoms with Crippen molar-refractivity contribution in [2.45, 2.75) is 46.6 Å². The molecule has 0 saturated carbocycles. The maximum Gasteiger partial charge on any atom is 0.282 e. The number of hydrogen-bond acceptors (Lipinski definition) is 3. The minimum absolute atomic E-state index is 0.148. The number of halogens is 1. The Bertz CT molecular complexity index is 1660. The van der Waals surface area contributed by atoms with Crippen molar-refractivity contribution >= 4 is 44.0 Å². The number of fused-ring (bicyclic) bond motifs is 2. The van der Waals surface area contributed by atoms with Gasteiger partial charge in [-0.1, -0.05) is 77.3 Å². The molecule has 36 heavy (non-hydrogen) atoms. The van der Waals surface area contributed by atoms with E-state index in [4.69, 9.17) is 10.1 Å². The van der Waals surface area contributed by atoms with Gasteiger partial charge in [0.2, 0.25) is 0 Å². The zero-order valence-electron chi connectivity index (χ0n) is 20.8. The summed E-state index contributed by atoms with van der Waals surface area (Å²) in [5, 5.41) is 6.41. The maximum absolute atomic E-state index is 13.5. The van der Waals surface area contributed by atoms with Gasteiger partial charge in [0.15, 0.2) is 0 Å². The van der Waals surface area contributed by atoms with E-state index in [1.54, 1.807) is 0 Å². The van der Waals surface area contributed by atoms with Crippen LogP contribution < -0.4 is 5.56 Å². The van der Waals surface area contributed by atoms with Crippen LogP contribution in [0.5, 0.6) is 0 Å². The van der Waals surface area contributed by atoms with Gasteiger partial charge in [0.05, 0.1) is 17.1 Å². The van der Waals surface area contributed by atoms with Gasteiger partial charge in [-0.3, -0.25) is 4.79 Å². The Morgan fingerprint density at radius 1 is 1.00 bits per heavy atom. The van der Waals surface area contributed by atoms with Crippen molar-refractivity contribution in [1.82, 2.24) is 14.2 Å². The minimum atomic E-state index is -0.148. The normalized spacial score (nSPS) is 11.8. The van der Waals surface area contributed by atoms with Crippen molar-refractivity contribution in [3.63, 3.8) is 0 Å². The third-order valence-corrected chi connectivity index (χ3v) is 7.13. The van der Waals surface area contributed by atoms with Gasteiger partial charge in [0.1, 0.15) is 5.82 Å². The molecule has 182 valence electrons. The first-order chi connectivity index (χ1) is 17.5. The lowest BCUT2D eigenvalue weighted by molar-refractivity contribution is 0.675. The highest BCUT2D eigenvalue weighted by molar-refractivity contribution is 9.10. The Morgan fingerprint density at radius 2 is 1.83 bits per heavy atom. The molecule has 0 bridgehead atoms. The molecule has 2 aromatic heterocycles. The first-order valence-corrected chi connectivity index (χ1v) is 13.1. The predicted octanol–water partition coefficient (Wildman–Crippen LogP) is 7.00. The van der Waals surface area contributed by atoms with Gasteiger partial charge in [0.25, 0.3) is 5.56 Å². The fourth-order valence-electron chi connectivity index (χ4n) is 4.74. The van der Waals surface area contributed by atoms with Crippen LogP contribution in [0.1, 0.15) is 48.0 Å². The number of rotatable bonds is 7. The molecule has 5 nitrogen and oxygen atoms in total. The van der Waals surface area contributed by atoms with Crippen LogP contribution in [-0.4, -0.2) is 20.4 Å². The van der Waals surface area contributed by atoms with Gasteiger partial charge >= 0.3 is 0 Å². The van der Waals surface area contributed by atoms with Crippen molar-refractivity contribution in [1.29, 1.82) is 0 Å². The van der Waals surface area contributed by atoms with E-state index in [9.17, 15) is 4.79 Å². The fraction of sp³-hybridized carbons (Fsp3) is 0.233. The summed E-state index contributed by atoms with van der Waals surface area (Å²) in [5.41, 5.74) is 6.33. The summed E-state index contributed by atoms with van der Waals surface area (Å²) in [6.45, 7) is 7.14. The molecule has 0 saturated heterocycles. The van der Waals surface area contributed by atoms with E-state index in [1.165, 1.54) is 15.8 Å². The molecule has 0 unspecified atom stereocenters. The van der Waals surface area contributed by atoms with E-state index in [2.05, 4.69) is 83.7 Å². The lowest BCUT2D eigenvalue weighted by Gasteiger charge is -2.10. The zero-order chi connectivity index (χ0) is 25.2. The monoisotopic (exact) mass is 540 g/mol. The summed E-state index contributed by atoms with van der Waals surface area (Å²) in [5.74, 6) is 0.689. The largest absolute Gasteiger partial charge is 0.340 e. The number of para-hydroxylation sites is 1. The summed E-state index contributed by atoms with van der Waals surface area (Å²) in [4.78, 5) is 18.3. The van der Waals surface area contributed by atoms with Gasteiger partial charge in [-0.05, 0) is 50.1 Å². The second-order valence-electron chi connectivity index (χ2n) is 9.25. The molecule has 6 heteroatoms. The average Bonchev–Trinajstić information content (AvgIpc) is 3.13. The molecule has 0 amide bonds. The molecule has 0 N–H and O–H groups in total. The third-order valence-electron chi connectivity index (χ3n) is 6.63. The van der Waals surface area contributed by atoms with Crippen molar-refractivity contribution in [2.75, 3.05) is 0 Å². The quantitative estimate of drug-likeness (QED) is 0.208. The van der Waals surface area contributed by atoms with Gasteiger partial charge in [0, 0.05) is 39.6 Å². The van der Waals surface area contributed by atoms with Crippen molar-refractivity contribution < 1.29 is 0 Å². The Labute approximate surface area is 219 Å². The Balaban J connectivity index is 1.64. The fourth-order valence-corrected chi connectivity index (χ4v) is 5.10. The SMILES string of the molecule is CCCCc1nc2ccc(Br)cc2c(=O)n1N=Cc1c(C)n(Cc2cccc(C)c2)c2ccccc12. The predicted molar refractivity (Wildman–Crippen MR) is 152 cm³/mol. The van der Waals surface area contributed by atoms with Crippen LogP contribution in [0.4, 0.5) is 0 Å². The second kappa shape index (κ2) is 10.2. The highest BCUT2D eigenvalue weighted by atomic mass is 79.9. The van der Waals surface area contributed by atoms with Crippen LogP contribution in [-0.2, 0) is 13.0 Å². The first-order valence-electron chi connectivity index (χ1n) is 12.3. The molecule has 2 heterocycles. The molecule has 3 aromatic carbocycles. The molecular weight excluding hydrogens is 512 g/mol. The number of aromatic nitrogens is 3. The van der Waals surface area contributed by atoms with E-state index in [-0.39, 0.29) is 5.56 Å². The Morgan fingerprint density at radius 3 is 2.64 bits per heavy atom. The third kappa shape index (κ3) is 4.65.